The van der Waals surface area contributed by atoms with Crippen molar-refractivity contribution < 1.29 is 28.4 Å². The van der Waals surface area contributed by atoms with Gasteiger partial charge in [-0.05, 0) is 281 Å². The van der Waals surface area contributed by atoms with E-state index in [-0.39, 0.29) is 0 Å². The van der Waals surface area contributed by atoms with Crippen LogP contribution in [0, 0.1) is 82.9 Å². The third-order valence-corrected chi connectivity index (χ3v) is 23.5. The summed E-state index contributed by atoms with van der Waals surface area (Å²) in [6.45, 7) is 30.6. The highest BCUT2D eigenvalue weighted by Gasteiger charge is 2.55. The van der Waals surface area contributed by atoms with Crippen LogP contribution in [-0.4, -0.2) is 73.2 Å². The van der Waals surface area contributed by atoms with Gasteiger partial charge in [0.1, 0.15) is 0 Å². The summed E-state index contributed by atoms with van der Waals surface area (Å²) in [4.78, 5) is 0. The molecule has 0 N–H and O–H groups in total. The van der Waals surface area contributed by atoms with Gasteiger partial charge in [0, 0.05) is 0 Å². The van der Waals surface area contributed by atoms with Gasteiger partial charge in [0.15, 0.2) is 0 Å². The van der Waals surface area contributed by atoms with Gasteiger partial charge in [-0.3, -0.25) is 0 Å². The van der Waals surface area contributed by atoms with Gasteiger partial charge in [0.2, 0.25) is 0 Å². The number of hydrogen-bond donors (Lipinski definition) is 0. The predicted molar refractivity (Wildman–Crippen MR) is 360 cm³/mol. The molecule has 12 aliphatic carbocycles. The van der Waals surface area contributed by atoms with Gasteiger partial charge < -0.3 is 28.4 Å². The van der Waals surface area contributed by atoms with Crippen LogP contribution < -0.4 is 0 Å². The molecule has 12 aliphatic rings. The zero-order chi connectivity index (χ0) is 61.5. The molecule has 3 aromatic carbocycles. The van der Waals surface area contributed by atoms with E-state index in [4.69, 9.17) is 28.4 Å². The Kier molecular flexibility index (Phi) is 23.6. The van der Waals surface area contributed by atoms with Crippen LogP contribution in [0.15, 0.2) is 109 Å². The number of ether oxygens (including phenoxy) is 6. The van der Waals surface area contributed by atoms with Crippen LogP contribution >= 0.6 is 0 Å². The fourth-order valence-electron chi connectivity index (χ4n) is 18.2. The zero-order valence-corrected chi connectivity index (χ0v) is 56.9. The first kappa shape index (κ1) is 66.6. The van der Waals surface area contributed by atoms with Crippen molar-refractivity contribution in [3.05, 3.63) is 143 Å². The Labute approximate surface area is 530 Å². The minimum Gasteiger partial charge on any atom is -0.375 e. The van der Waals surface area contributed by atoms with Crippen molar-refractivity contribution >= 4 is 0 Å². The first-order valence-electron chi connectivity index (χ1n) is 36.1. The molecule has 19 unspecified atom stereocenters. The molecule has 0 heterocycles. The summed E-state index contributed by atoms with van der Waals surface area (Å²) in [6, 6.07) is 26.0. The van der Waals surface area contributed by atoms with Crippen molar-refractivity contribution in [1.82, 2.24) is 0 Å². The van der Waals surface area contributed by atoms with Gasteiger partial charge in [0.25, 0.3) is 0 Å². The number of fused-ring (bicyclic) bond motifs is 18. The highest BCUT2D eigenvalue weighted by atomic mass is 16.5. The molecule has 6 nitrogen and oxygen atoms in total. The van der Waals surface area contributed by atoms with Crippen LogP contribution in [0.1, 0.15) is 201 Å². The molecular formula is C81H120O6. The Morgan fingerprint density at radius 2 is 0.632 bits per heavy atom. The molecule has 6 bridgehead atoms. The molecule has 0 amide bonds. The van der Waals surface area contributed by atoms with E-state index in [0.29, 0.717) is 85.1 Å². The van der Waals surface area contributed by atoms with E-state index < -0.39 is 0 Å². The SMILES string of the molecule is CC(C)C(C)OC1CC2CC1C1C=CCC21.CC(C)C(C)OC1Cc2ccccc2C1.CC(C)OC1CC2CC1C1C=CCC21.CC(C)OC1Cc2ccccc2C1.CCC(C)OC1CC2CC1C1C=CCC21.CCC(C)OC1Cc2ccccc2C1. The molecule has 0 radical (unpaired) electrons. The van der Waals surface area contributed by atoms with Crippen molar-refractivity contribution in [3.8, 4) is 0 Å². The summed E-state index contributed by atoms with van der Waals surface area (Å²) in [5.41, 5.74) is 8.82. The topological polar surface area (TPSA) is 55.4 Å². The molecule has 19 atom stereocenters. The van der Waals surface area contributed by atoms with Crippen molar-refractivity contribution in [2.75, 3.05) is 0 Å². The lowest BCUT2D eigenvalue weighted by molar-refractivity contribution is -0.0631. The average Bonchev–Trinajstić information content (AvgIpc) is 1.75. The number of rotatable bonds is 16. The van der Waals surface area contributed by atoms with Gasteiger partial charge in [-0.2, -0.15) is 0 Å². The minimum absolute atomic E-state index is 0.347. The first-order valence-corrected chi connectivity index (χ1v) is 36.1. The quantitative estimate of drug-likeness (QED) is 0.133. The standard InChI is InChI=1S/C15H24O.C14H22O.C14H20O.C13H20O.C13H18O.C12H16O/c1-9(2)10(3)16-15-8-11-7-14(15)13-6-4-5-12(11)13;1-3-9(2)15-14-8-10-7-13(14)12-6-4-5-11(10)12;1-10(2)11(3)15-14-8-12-6-4-5-7-13(12)9-14;1-8(2)14-13-7-9-6-12(13)11-5-3-4-10(9)11;1-3-10(2)14-13-8-11-6-4-5-7-12(11)9-13;1-9(2)13-12-7-10-5-3-4-6-11(10)8-12/h4,6,9-15H,5,7-8H2,1-3H3;4,6,9-14H,3,5,7-8H2,1-2H3;4-7,10-11,14H,8-9H2,1-3H3;3,5,8-13H,4,6-7H2,1-2H3;4-7,10,13H,3,8-9H2,1-2H3;3-6,9,12H,7-8H2,1-2H3. The second-order valence-electron chi connectivity index (χ2n) is 30.7. The zero-order valence-electron chi connectivity index (χ0n) is 56.9. The van der Waals surface area contributed by atoms with Crippen LogP contribution in [0.2, 0.25) is 0 Å². The van der Waals surface area contributed by atoms with Crippen LogP contribution in [-0.2, 0) is 66.9 Å². The first-order chi connectivity index (χ1) is 41.9. The fraction of sp³-hybridized carbons (Fsp3) is 0.704. The predicted octanol–water partition coefficient (Wildman–Crippen LogP) is 18.8. The largest absolute Gasteiger partial charge is 0.375 e. The Morgan fingerprint density at radius 3 is 0.966 bits per heavy atom. The third-order valence-electron chi connectivity index (χ3n) is 23.5. The highest BCUT2D eigenvalue weighted by molar-refractivity contribution is 5.34. The summed E-state index contributed by atoms with van der Waals surface area (Å²) in [5, 5.41) is 0. The molecule has 87 heavy (non-hydrogen) atoms. The molecule has 6 heteroatoms. The lowest BCUT2D eigenvalue weighted by atomic mass is 9.80. The Morgan fingerprint density at radius 1 is 0.333 bits per heavy atom. The van der Waals surface area contributed by atoms with E-state index in [1.807, 2.05) is 0 Å². The molecule has 6 fully saturated rings. The van der Waals surface area contributed by atoms with E-state index in [2.05, 4.69) is 206 Å². The average molecular weight is 1190 g/mol. The van der Waals surface area contributed by atoms with Gasteiger partial charge in [-0.15, -0.1) is 0 Å². The van der Waals surface area contributed by atoms with Crippen molar-refractivity contribution in [2.24, 2.45) is 82.9 Å². The normalized spacial score (nSPS) is 33.4. The number of hydrogen-bond acceptors (Lipinski definition) is 6. The van der Waals surface area contributed by atoms with Crippen LogP contribution in [0.5, 0.6) is 0 Å². The molecule has 6 saturated carbocycles. The van der Waals surface area contributed by atoms with E-state index in [1.54, 1.807) is 0 Å². The lowest BCUT2D eigenvalue weighted by Crippen LogP contribution is -2.34. The third kappa shape index (κ3) is 16.7. The number of benzene rings is 3. The van der Waals surface area contributed by atoms with Gasteiger partial charge in [-0.25, -0.2) is 0 Å². The van der Waals surface area contributed by atoms with Crippen molar-refractivity contribution in [3.63, 3.8) is 0 Å². The van der Waals surface area contributed by atoms with Gasteiger partial charge >= 0.3 is 0 Å². The van der Waals surface area contributed by atoms with Gasteiger partial charge in [0.05, 0.1) is 73.2 Å². The Bertz CT molecular complexity index is 2610. The minimum atomic E-state index is 0.347. The van der Waals surface area contributed by atoms with Crippen LogP contribution in [0.3, 0.4) is 0 Å². The maximum atomic E-state index is 6.28. The van der Waals surface area contributed by atoms with Crippen molar-refractivity contribution in [1.29, 1.82) is 0 Å². The lowest BCUT2D eigenvalue weighted by Gasteiger charge is -2.33. The van der Waals surface area contributed by atoms with E-state index in [0.717, 1.165) is 122 Å². The van der Waals surface area contributed by atoms with Gasteiger partial charge in [-0.1, -0.05) is 151 Å². The van der Waals surface area contributed by atoms with E-state index in [9.17, 15) is 0 Å². The Hall–Kier alpha value is -3.36. The maximum Gasteiger partial charge on any atom is 0.0659 e. The summed E-state index contributed by atoms with van der Waals surface area (Å²) in [6.07, 6.45) is 41.2. The second kappa shape index (κ2) is 30.8. The Balaban J connectivity index is 0.000000116. The molecule has 480 valence electrons. The summed E-state index contributed by atoms with van der Waals surface area (Å²) < 4.78 is 36.3. The molecule has 0 spiro atoms. The van der Waals surface area contributed by atoms with E-state index in [1.165, 1.54) is 91.2 Å². The van der Waals surface area contributed by atoms with E-state index >= 15 is 0 Å². The van der Waals surface area contributed by atoms with Crippen LogP contribution in [0.25, 0.3) is 0 Å². The smallest absolute Gasteiger partial charge is 0.0659 e. The summed E-state index contributed by atoms with van der Waals surface area (Å²) in [7, 11) is 0. The maximum absolute atomic E-state index is 6.28. The summed E-state index contributed by atoms with van der Waals surface area (Å²) in [5.74, 6) is 12.3. The van der Waals surface area contributed by atoms with Crippen molar-refractivity contribution in [2.45, 2.75) is 279 Å². The molecule has 0 saturated heterocycles. The number of allylic oxidation sites excluding steroid dienone is 6. The molecule has 15 rings (SSSR count). The highest BCUT2D eigenvalue weighted by Crippen LogP contribution is 2.59. The second-order valence-corrected chi connectivity index (χ2v) is 30.7. The van der Waals surface area contributed by atoms with Crippen LogP contribution in [0.4, 0.5) is 0 Å². The molecule has 0 aliphatic heterocycles. The molecular weight excluding hydrogens is 1070 g/mol. The fourth-order valence-corrected chi connectivity index (χ4v) is 18.2. The monoisotopic (exact) mass is 1190 g/mol. The molecule has 3 aromatic rings. The molecule has 0 aromatic heterocycles. The summed E-state index contributed by atoms with van der Waals surface area (Å²) >= 11 is 0.